The highest BCUT2D eigenvalue weighted by Gasteiger charge is 2.23. The van der Waals surface area contributed by atoms with E-state index in [0.717, 1.165) is 28.2 Å². The Hall–Kier alpha value is -5.93. The fourth-order valence-corrected chi connectivity index (χ4v) is 9.73. The van der Waals surface area contributed by atoms with Crippen LogP contribution in [0.2, 0.25) is 5.02 Å². The number of thiophene rings is 1. The van der Waals surface area contributed by atoms with Gasteiger partial charge in [-0.05, 0) is 127 Å². The Labute approximate surface area is 358 Å². The molecular weight excluding hydrogens is 754 g/mol. The summed E-state index contributed by atoms with van der Waals surface area (Å²) in [7, 11) is 0. The van der Waals surface area contributed by atoms with Crippen LogP contribution in [0.1, 0.15) is 52.7 Å². The number of halogens is 1. The van der Waals surface area contributed by atoms with E-state index in [9.17, 15) is 0 Å². The molecule has 0 amide bonds. The lowest BCUT2D eigenvalue weighted by molar-refractivity contribution is 0.590. The maximum atomic E-state index is 7.22. The first kappa shape index (κ1) is 38.6. The fourth-order valence-electron chi connectivity index (χ4n) is 8.37. The lowest BCUT2D eigenvalue weighted by Gasteiger charge is -2.29. The van der Waals surface area contributed by atoms with Gasteiger partial charge in [-0.2, -0.15) is 0 Å². The molecule has 0 bridgehead atoms. The van der Waals surface area contributed by atoms with E-state index >= 15 is 0 Å². The summed E-state index contributed by atoms with van der Waals surface area (Å²) in [5, 5.41) is 3.22. The van der Waals surface area contributed by atoms with Gasteiger partial charge in [0.15, 0.2) is 0 Å². The monoisotopic (exact) mass is 801 g/mol. The van der Waals surface area contributed by atoms with Crippen molar-refractivity contribution in [3.63, 3.8) is 0 Å². The van der Waals surface area contributed by atoms with E-state index < -0.39 is 0 Å². The van der Waals surface area contributed by atoms with Crippen LogP contribution in [0.15, 0.2) is 182 Å². The first-order valence-electron chi connectivity index (χ1n) is 20.4. The van der Waals surface area contributed by atoms with Crippen molar-refractivity contribution in [3.05, 3.63) is 198 Å². The summed E-state index contributed by atoms with van der Waals surface area (Å²) in [5.74, 6) is 0. The molecule has 3 heteroatoms. The molecule has 0 atom stereocenters. The van der Waals surface area contributed by atoms with Crippen LogP contribution in [0.3, 0.4) is 0 Å². The number of benzene rings is 8. The molecule has 0 N–H and O–H groups in total. The number of rotatable bonds is 7. The van der Waals surface area contributed by atoms with Crippen molar-refractivity contribution in [2.45, 2.75) is 52.4 Å². The minimum Gasteiger partial charge on any atom is -0.310 e. The Morgan fingerprint density at radius 2 is 1.00 bits per heavy atom. The van der Waals surface area contributed by atoms with Gasteiger partial charge in [0.05, 0.1) is 0 Å². The van der Waals surface area contributed by atoms with Crippen molar-refractivity contribution in [2.24, 2.45) is 0 Å². The number of anilines is 3. The Balaban J connectivity index is 1.28. The van der Waals surface area contributed by atoms with Crippen LogP contribution in [0.25, 0.3) is 64.7 Å². The number of nitrogens with zero attached hydrogens (tertiary/aromatic N) is 1. The van der Waals surface area contributed by atoms with Gasteiger partial charge in [0.25, 0.3) is 0 Å². The van der Waals surface area contributed by atoms with E-state index in [-0.39, 0.29) is 10.8 Å². The third-order valence-electron chi connectivity index (χ3n) is 11.4. The first-order valence-corrected chi connectivity index (χ1v) is 21.6. The Bertz CT molecular complexity index is 2960. The predicted octanol–water partition coefficient (Wildman–Crippen LogP) is 17.4. The quantitative estimate of drug-likeness (QED) is 0.155. The van der Waals surface area contributed by atoms with Gasteiger partial charge in [-0.15, -0.1) is 11.3 Å². The third kappa shape index (κ3) is 7.72. The normalized spacial score (nSPS) is 12.0. The highest BCUT2D eigenvalue weighted by atomic mass is 35.5. The lowest BCUT2D eigenvalue weighted by atomic mass is 9.81. The van der Waals surface area contributed by atoms with Crippen molar-refractivity contribution < 1.29 is 0 Å². The van der Waals surface area contributed by atoms with E-state index in [2.05, 4.69) is 228 Å². The molecule has 0 aliphatic rings. The van der Waals surface area contributed by atoms with Crippen LogP contribution in [0, 0.1) is 0 Å². The summed E-state index contributed by atoms with van der Waals surface area (Å²) in [6.45, 7) is 13.7. The second-order valence-corrected chi connectivity index (χ2v) is 19.1. The summed E-state index contributed by atoms with van der Waals surface area (Å²) in [5.41, 5.74) is 15.1. The molecule has 1 nitrogen and oxygen atoms in total. The average molecular weight is 803 g/mol. The minimum atomic E-state index is -0.0476. The zero-order valence-corrected chi connectivity index (χ0v) is 36.1. The summed E-state index contributed by atoms with van der Waals surface area (Å²) in [6.07, 6.45) is 0. The minimum absolute atomic E-state index is 0.0476. The predicted molar refractivity (Wildman–Crippen MR) is 258 cm³/mol. The summed E-state index contributed by atoms with van der Waals surface area (Å²) in [4.78, 5) is 2.38. The highest BCUT2D eigenvalue weighted by Crippen LogP contribution is 2.46. The second kappa shape index (κ2) is 15.3. The summed E-state index contributed by atoms with van der Waals surface area (Å²) in [6, 6.07) is 66.4. The average Bonchev–Trinajstić information content (AvgIpc) is 3.63. The van der Waals surface area contributed by atoms with Crippen LogP contribution in [-0.4, -0.2) is 0 Å². The van der Waals surface area contributed by atoms with Gasteiger partial charge in [-0.1, -0.05) is 174 Å². The number of hydrogen-bond donors (Lipinski definition) is 0. The van der Waals surface area contributed by atoms with Gasteiger partial charge >= 0.3 is 0 Å². The third-order valence-corrected chi connectivity index (χ3v) is 12.7. The van der Waals surface area contributed by atoms with E-state index in [0.29, 0.717) is 5.02 Å². The van der Waals surface area contributed by atoms with Crippen LogP contribution >= 0.6 is 22.9 Å². The van der Waals surface area contributed by atoms with Crippen molar-refractivity contribution in [3.8, 4) is 44.5 Å². The molecular formula is C56H48ClNS. The topological polar surface area (TPSA) is 3.24 Å². The molecule has 9 rings (SSSR count). The number of hydrogen-bond acceptors (Lipinski definition) is 2. The molecule has 0 saturated carbocycles. The summed E-state index contributed by atoms with van der Waals surface area (Å²) >= 11 is 9.06. The molecule has 0 spiro atoms. The lowest BCUT2D eigenvalue weighted by Crippen LogP contribution is -2.13. The van der Waals surface area contributed by atoms with E-state index in [4.69, 9.17) is 11.6 Å². The van der Waals surface area contributed by atoms with Crippen molar-refractivity contribution in [1.29, 1.82) is 0 Å². The number of fused-ring (bicyclic) bond motifs is 3. The molecule has 9 aromatic rings. The van der Waals surface area contributed by atoms with Gasteiger partial charge in [0.2, 0.25) is 0 Å². The molecule has 0 radical (unpaired) electrons. The molecule has 0 fully saturated rings. The summed E-state index contributed by atoms with van der Waals surface area (Å²) < 4.78 is 2.55. The maximum Gasteiger partial charge on any atom is 0.0482 e. The van der Waals surface area contributed by atoms with Crippen molar-refractivity contribution >= 4 is 60.2 Å². The van der Waals surface area contributed by atoms with Gasteiger partial charge in [0, 0.05) is 42.3 Å². The second-order valence-electron chi connectivity index (χ2n) is 17.6. The largest absolute Gasteiger partial charge is 0.310 e. The molecule has 0 unspecified atom stereocenters. The van der Waals surface area contributed by atoms with Crippen LogP contribution < -0.4 is 4.90 Å². The van der Waals surface area contributed by atoms with Gasteiger partial charge in [0.1, 0.15) is 0 Å². The molecule has 0 saturated heterocycles. The van der Waals surface area contributed by atoms with E-state index in [1.165, 1.54) is 64.7 Å². The van der Waals surface area contributed by atoms with Crippen LogP contribution in [0.4, 0.5) is 17.1 Å². The van der Waals surface area contributed by atoms with Gasteiger partial charge in [-0.3, -0.25) is 0 Å². The van der Waals surface area contributed by atoms with Gasteiger partial charge < -0.3 is 4.90 Å². The first-order chi connectivity index (χ1) is 28.4. The smallest absolute Gasteiger partial charge is 0.0482 e. The zero-order chi connectivity index (χ0) is 40.9. The van der Waals surface area contributed by atoms with Gasteiger partial charge in [-0.25, -0.2) is 0 Å². The molecule has 1 aromatic heterocycles. The molecule has 0 aliphatic heterocycles. The molecule has 290 valence electrons. The van der Waals surface area contributed by atoms with Crippen LogP contribution in [0.5, 0.6) is 0 Å². The highest BCUT2D eigenvalue weighted by molar-refractivity contribution is 7.25. The van der Waals surface area contributed by atoms with E-state index in [1.54, 1.807) is 0 Å². The van der Waals surface area contributed by atoms with Crippen LogP contribution in [-0.2, 0) is 10.8 Å². The molecule has 8 aromatic carbocycles. The Morgan fingerprint density at radius 1 is 0.407 bits per heavy atom. The molecule has 59 heavy (non-hydrogen) atoms. The molecule has 0 aliphatic carbocycles. The Kier molecular flexibility index (Phi) is 10.0. The van der Waals surface area contributed by atoms with E-state index in [1.807, 2.05) is 11.3 Å². The SMILES string of the molecule is CC(C)(C)c1cccc(-c2ccc(N(c3cc(-c4ccccc4)cc(-c4ccccc4C(C)(C)C)c3)c3cc(Cl)cc(-c4cccc5sc6ccccc6c45)c3)cc2)c1. The zero-order valence-electron chi connectivity index (χ0n) is 34.6. The standard InChI is InChI=1S/C56H48ClNS/c1-55(2,3)43-19-14-18-39(31-43)38-26-28-45(29-27-38)58(47-35-42(32-44(57)36-47)49-22-15-25-53-54(49)50-21-11-13-24-52(50)59-53)46-33-40(37-16-8-7-9-17-37)30-41(34-46)48-20-10-12-23-51(48)56(4,5)6/h7-36H,1-6H3. The van der Waals surface area contributed by atoms with Crippen molar-refractivity contribution in [2.75, 3.05) is 4.90 Å². The molecule has 1 heterocycles. The Morgan fingerprint density at radius 3 is 1.76 bits per heavy atom. The fraction of sp³-hybridized carbons (Fsp3) is 0.143. The maximum absolute atomic E-state index is 7.22. The van der Waals surface area contributed by atoms with Crippen molar-refractivity contribution in [1.82, 2.24) is 0 Å².